The zero-order chi connectivity index (χ0) is 12.1. The molecule has 5 nitrogen and oxygen atoms in total. The van der Waals surface area contributed by atoms with Crippen molar-refractivity contribution in [2.75, 3.05) is 19.8 Å². The highest BCUT2D eigenvalue weighted by Crippen LogP contribution is 2.30. The molecule has 0 aromatic rings. The first kappa shape index (κ1) is 12.8. The molecule has 1 saturated carbocycles. The molecule has 0 aromatic carbocycles. The van der Waals surface area contributed by atoms with Gasteiger partial charge in [0.1, 0.15) is 0 Å². The Kier molecular flexibility index (Phi) is 4.36. The summed E-state index contributed by atoms with van der Waals surface area (Å²) in [4.78, 5) is 17.6. The number of carbonyl (C=O) groups is 1. The van der Waals surface area contributed by atoms with Gasteiger partial charge in [-0.1, -0.05) is 12.8 Å². The van der Waals surface area contributed by atoms with E-state index in [-0.39, 0.29) is 12.0 Å². The van der Waals surface area contributed by atoms with Gasteiger partial charge in [-0.15, -0.1) is 0 Å². The molecule has 0 atom stereocenters. The summed E-state index contributed by atoms with van der Waals surface area (Å²) in [5.74, 6) is -0.0739. The highest BCUT2D eigenvalue weighted by molar-refractivity contribution is 5.82. The molecule has 1 saturated heterocycles. The van der Waals surface area contributed by atoms with Crippen molar-refractivity contribution in [2.45, 2.75) is 44.6 Å². The number of ether oxygens (including phenoxy) is 1. The van der Waals surface area contributed by atoms with Gasteiger partial charge in [-0.3, -0.25) is 9.63 Å². The molecule has 1 amide bonds. The van der Waals surface area contributed by atoms with Crippen LogP contribution in [0, 0.1) is 5.41 Å². The van der Waals surface area contributed by atoms with Crippen LogP contribution in [0.3, 0.4) is 0 Å². The maximum Gasteiger partial charge on any atom is 0.251 e. The molecule has 1 aliphatic carbocycles. The van der Waals surface area contributed by atoms with Crippen molar-refractivity contribution in [3.63, 3.8) is 0 Å². The number of rotatable bonds is 4. The monoisotopic (exact) mass is 242 g/mol. The Morgan fingerprint density at radius 3 is 2.59 bits per heavy atom. The lowest BCUT2D eigenvalue weighted by Crippen LogP contribution is -2.49. The van der Waals surface area contributed by atoms with Crippen LogP contribution in [0.25, 0.3) is 0 Å². The predicted octanol–water partition coefficient (Wildman–Crippen LogP) is 0.732. The van der Waals surface area contributed by atoms with E-state index in [4.69, 9.17) is 15.3 Å². The Morgan fingerprint density at radius 1 is 1.35 bits per heavy atom. The number of amides is 1. The van der Waals surface area contributed by atoms with Gasteiger partial charge in [-0.05, 0) is 25.7 Å². The molecule has 0 spiro atoms. The molecule has 0 radical (unpaired) electrons. The van der Waals surface area contributed by atoms with Crippen molar-refractivity contribution >= 4 is 5.91 Å². The van der Waals surface area contributed by atoms with Gasteiger partial charge in [0.25, 0.3) is 5.91 Å². The second-order valence-electron chi connectivity index (χ2n) is 5.05. The van der Waals surface area contributed by atoms with Gasteiger partial charge < -0.3 is 10.5 Å². The first-order valence-corrected chi connectivity index (χ1v) is 6.51. The predicted molar refractivity (Wildman–Crippen MR) is 63.0 cm³/mol. The second-order valence-corrected chi connectivity index (χ2v) is 5.05. The smallest absolute Gasteiger partial charge is 0.251 e. The number of nitrogens with one attached hydrogen (secondary N) is 1. The molecular formula is C12H22N2O3. The summed E-state index contributed by atoms with van der Waals surface area (Å²) in [6, 6.07) is 0. The van der Waals surface area contributed by atoms with Crippen molar-refractivity contribution < 1.29 is 14.4 Å². The van der Waals surface area contributed by atoms with Crippen LogP contribution in [-0.2, 0) is 14.4 Å². The summed E-state index contributed by atoms with van der Waals surface area (Å²) in [6.07, 6.45) is 6.02. The third kappa shape index (κ3) is 2.97. The Bertz CT molecular complexity index is 258. The zero-order valence-corrected chi connectivity index (χ0v) is 10.2. The topological polar surface area (TPSA) is 73.6 Å². The molecule has 2 aliphatic rings. The molecule has 0 aromatic heterocycles. The lowest BCUT2D eigenvalue weighted by Gasteiger charge is -2.34. The number of hydrogen-bond donors (Lipinski definition) is 2. The minimum atomic E-state index is -0.489. The second kappa shape index (κ2) is 5.80. The third-order valence-corrected chi connectivity index (χ3v) is 3.94. The minimum Gasteiger partial charge on any atom is -0.381 e. The summed E-state index contributed by atoms with van der Waals surface area (Å²) in [5, 5.41) is 0. The van der Waals surface area contributed by atoms with Crippen LogP contribution in [0.2, 0.25) is 0 Å². The first-order chi connectivity index (χ1) is 8.27. The molecule has 5 heteroatoms. The van der Waals surface area contributed by atoms with Crippen molar-refractivity contribution in [3.05, 3.63) is 0 Å². The molecule has 0 bridgehead atoms. The molecule has 0 unspecified atom stereocenters. The molecule has 98 valence electrons. The van der Waals surface area contributed by atoms with Gasteiger partial charge in [0.05, 0.1) is 11.5 Å². The molecule has 1 aliphatic heterocycles. The van der Waals surface area contributed by atoms with E-state index in [1.54, 1.807) is 0 Å². The summed E-state index contributed by atoms with van der Waals surface area (Å²) >= 11 is 0. The Balaban J connectivity index is 1.83. The third-order valence-electron chi connectivity index (χ3n) is 3.94. The summed E-state index contributed by atoms with van der Waals surface area (Å²) < 4.78 is 5.28. The van der Waals surface area contributed by atoms with Crippen molar-refractivity contribution in [3.8, 4) is 0 Å². The van der Waals surface area contributed by atoms with Crippen LogP contribution < -0.4 is 11.2 Å². The van der Waals surface area contributed by atoms with E-state index in [1.807, 2.05) is 0 Å². The molecular weight excluding hydrogens is 220 g/mol. The van der Waals surface area contributed by atoms with Gasteiger partial charge in [-0.25, -0.2) is 5.48 Å². The lowest BCUT2D eigenvalue weighted by atomic mass is 9.79. The summed E-state index contributed by atoms with van der Waals surface area (Å²) in [7, 11) is 0. The number of hydroxylamine groups is 1. The lowest BCUT2D eigenvalue weighted by molar-refractivity contribution is -0.153. The summed E-state index contributed by atoms with van der Waals surface area (Å²) in [5.41, 5.74) is 7.87. The standard InChI is InChI=1S/C12H22N2O3/c13-9-12(5-7-16-8-6-12)11(15)14-17-10-3-1-2-4-10/h10H,1-9,13H2,(H,14,15). The van der Waals surface area contributed by atoms with E-state index in [9.17, 15) is 4.79 Å². The van der Waals surface area contributed by atoms with Gasteiger partial charge >= 0.3 is 0 Å². The van der Waals surface area contributed by atoms with Gasteiger partial charge in [0.2, 0.25) is 0 Å². The first-order valence-electron chi connectivity index (χ1n) is 6.51. The normalized spacial score (nSPS) is 24.8. The fourth-order valence-electron chi connectivity index (χ4n) is 2.54. The van der Waals surface area contributed by atoms with Crippen molar-refractivity contribution in [1.29, 1.82) is 0 Å². The van der Waals surface area contributed by atoms with Crippen LogP contribution >= 0.6 is 0 Å². The molecule has 2 rings (SSSR count). The van der Waals surface area contributed by atoms with Crippen LogP contribution in [0.4, 0.5) is 0 Å². The van der Waals surface area contributed by atoms with E-state index in [2.05, 4.69) is 5.48 Å². The van der Waals surface area contributed by atoms with E-state index >= 15 is 0 Å². The fraction of sp³-hybridized carbons (Fsp3) is 0.917. The van der Waals surface area contributed by atoms with Crippen molar-refractivity contribution in [2.24, 2.45) is 11.1 Å². The fourth-order valence-corrected chi connectivity index (χ4v) is 2.54. The minimum absolute atomic E-state index is 0.0739. The van der Waals surface area contributed by atoms with Crippen LogP contribution in [0.1, 0.15) is 38.5 Å². The Morgan fingerprint density at radius 2 is 2.00 bits per heavy atom. The van der Waals surface area contributed by atoms with Gasteiger partial charge in [0, 0.05) is 19.8 Å². The molecule has 3 N–H and O–H groups in total. The highest BCUT2D eigenvalue weighted by atomic mass is 16.7. The number of nitrogens with two attached hydrogens (primary N) is 1. The quantitative estimate of drug-likeness (QED) is 0.713. The maximum absolute atomic E-state index is 12.1. The van der Waals surface area contributed by atoms with Gasteiger partial charge in [0.15, 0.2) is 0 Å². The molecule has 2 fully saturated rings. The van der Waals surface area contributed by atoms with E-state index in [1.165, 1.54) is 12.8 Å². The van der Waals surface area contributed by atoms with Crippen LogP contribution in [0.15, 0.2) is 0 Å². The SMILES string of the molecule is NCC1(C(=O)NOC2CCCC2)CCOCC1. The van der Waals surface area contributed by atoms with Crippen LogP contribution in [0.5, 0.6) is 0 Å². The van der Waals surface area contributed by atoms with E-state index in [0.717, 1.165) is 12.8 Å². The molecule has 17 heavy (non-hydrogen) atoms. The zero-order valence-electron chi connectivity index (χ0n) is 10.2. The highest BCUT2D eigenvalue weighted by Gasteiger charge is 2.39. The van der Waals surface area contributed by atoms with Crippen LogP contribution in [-0.4, -0.2) is 31.8 Å². The summed E-state index contributed by atoms with van der Waals surface area (Å²) in [6.45, 7) is 1.57. The largest absolute Gasteiger partial charge is 0.381 e. The Hall–Kier alpha value is -0.650. The average molecular weight is 242 g/mol. The average Bonchev–Trinajstić information content (AvgIpc) is 2.90. The van der Waals surface area contributed by atoms with Crippen molar-refractivity contribution in [1.82, 2.24) is 5.48 Å². The van der Waals surface area contributed by atoms with E-state index in [0.29, 0.717) is 32.6 Å². The Labute approximate surface area is 102 Å². The maximum atomic E-state index is 12.1. The number of carbonyl (C=O) groups excluding carboxylic acids is 1. The van der Waals surface area contributed by atoms with E-state index < -0.39 is 5.41 Å². The number of hydrogen-bond acceptors (Lipinski definition) is 4. The van der Waals surface area contributed by atoms with Gasteiger partial charge in [-0.2, -0.15) is 0 Å². The molecule has 1 heterocycles.